The molecule has 0 amide bonds. The minimum atomic E-state index is 0.317. The molecule has 88 valence electrons. The molecule has 0 aromatic rings. The normalized spacial score (nSPS) is 23.7. The molecule has 0 saturated carbocycles. The van der Waals surface area contributed by atoms with Gasteiger partial charge in [-0.1, -0.05) is 51.2 Å². The summed E-state index contributed by atoms with van der Waals surface area (Å²) in [6, 6.07) is 0. The Morgan fingerprint density at radius 1 is 1.47 bits per heavy atom. The molecule has 2 atom stereocenters. The van der Waals surface area contributed by atoms with Gasteiger partial charge in [0.15, 0.2) is 0 Å². The van der Waals surface area contributed by atoms with E-state index in [4.69, 9.17) is 11.6 Å². The number of hydrogen-bond acceptors (Lipinski definition) is 0. The van der Waals surface area contributed by atoms with E-state index in [1.54, 1.807) is 5.57 Å². The molecule has 0 saturated heterocycles. The van der Waals surface area contributed by atoms with Crippen molar-refractivity contribution in [1.29, 1.82) is 0 Å². The molecule has 1 rings (SSSR count). The summed E-state index contributed by atoms with van der Waals surface area (Å²) in [5.74, 6) is 0.901. The van der Waals surface area contributed by atoms with Crippen LogP contribution in [0.15, 0.2) is 11.6 Å². The summed E-state index contributed by atoms with van der Waals surface area (Å²) in [7, 11) is 0. The monoisotopic (exact) mass is 228 g/mol. The van der Waals surface area contributed by atoms with Crippen LogP contribution in [0, 0.1) is 5.92 Å². The van der Waals surface area contributed by atoms with Gasteiger partial charge < -0.3 is 0 Å². The Morgan fingerprint density at radius 2 is 2.27 bits per heavy atom. The van der Waals surface area contributed by atoms with Crippen molar-refractivity contribution >= 4 is 11.6 Å². The molecule has 0 heterocycles. The first-order chi connectivity index (χ1) is 7.26. The van der Waals surface area contributed by atoms with E-state index in [0.717, 1.165) is 5.92 Å². The smallest absolute Gasteiger partial charge is 0.0518 e. The van der Waals surface area contributed by atoms with Crippen LogP contribution < -0.4 is 0 Å². The molecule has 0 aromatic carbocycles. The number of allylic oxidation sites excluding steroid dienone is 2. The Morgan fingerprint density at radius 3 is 2.87 bits per heavy atom. The van der Waals surface area contributed by atoms with Crippen LogP contribution in [0.4, 0.5) is 0 Å². The number of halogens is 1. The molecular formula is C14H25Cl. The zero-order valence-corrected chi connectivity index (χ0v) is 11.0. The van der Waals surface area contributed by atoms with Crippen LogP contribution in [0.1, 0.15) is 65.2 Å². The topological polar surface area (TPSA) is 0 Å². The van der Waals surface area contributed by atoms with Crippen molar-refractivity contribution < 1.29 is 0 Å². The number of unbranched alkanes of at least 4 members (excludes halogenated alkanes) is 1. The van der Waals surface area contributed by atoms with Crippen molar-refractivity contribution in [2.24, 2.45) is 5.92 Å². The molecule has 2 unspecified atom stereocenters. The SMILES string of the molecule is CCCCC(CC)CC1=CC(Cl)CCC1. The maximum absolute atomic E-state index is 6.17. The van der Waals surface area contributed by atoms with Gasteiger partial charge in [-0.05, 0) is 31.6 Å². The highest BCUT2D eigenvalue weighted by Crippen LogP contribution is 2.29. The van der Waals surface area contributed by atoms with E-state index in [-0.39, 0.29) is 0 Å². The Labute approximate surface area is 100 Å². The van der Waals surface area contributed by atoms with Crippen LogP contribution in [-0.2, 0) is 0 Å². The molecule has 0 fully saturated rings. The van der Waals surface area contributed by atoms with Gasteiger partial charge in [-0.3, -0.25) is 0 Å². The van der Waals surface area contributed by atoms with Crippen LogP contribution in [0.3, 0.4) is 0 Å². The highest BCUT2D eigenvalue weighted by molar-refractivity contribution is 6.21. The lowest BCUT2D eigenvalue weighted by molar-refractivity contribution is 0.438. The molecule has 0 spiro atoms. The van der Waals surface area contributed by atoms with Gasteiger partial charge in [-0.15, -0.1) is 11.6 Å². The van der Waals surface area contributed by atoms with Crippen molar-refractivity contribution in [2.45, 2.75) is 70.6 Å². The summed E-state index contributed by atoms with van der Waals surface area (Å²) in [6.45, 7) is 4.60. The van der Waals surface area contributed by atoms with Crippen LogP contribution in [0.25, 0.3) is 0 Å². The Bertz CT molecular complexity index is 196. The molecule has 0 aromatic heterocycles. The van der Waals surface area contributed by atoms with Crippen LogP contribution >= 0.6 is 11.6 Å². The van der Waals surface area contributed by atoms with Crippen LogP contribution in [-0.4, -0.2) is 5.38 Å². The van der Waals surface area contributed by atoms with E-state index in [9.17, 15) is 0 Å². The molecule has 0 nitrogen and oxygen atoms in total. The van der Waals surface area contributed by atoms with Gasteiger partial charge in [-0.25, -0.2) is 0 Å². The van der Waals surface area contributed by atoms with Crippen molar-refractivity contribution in [3.63, 3.8) is 0 Å². The van der Waals surface area contributed by atoms with E-state index in [1.807, 2.05) is 0 Å². The molecule has 0 N–H and O–H groups in total. The molecule has 1 heteroatoms. The second-order valence-corrected chi connectivity index (χ2v) is 5.41. The fraction of sp³-hybridized carbons (Fsp3) is 0.857. The average molecular weight is 229 g/mol. The van der Waals surface area contributed by atoms with Crippen LogP contribution in [0.2, 0.25) is 0 Å². The van der Waals surface area contributed by atoms with E-state index in [1.165, 1.54) is 51.4 Å². The summed E-state index contributed by atoms with van der Waals surface area (Å²) in [5, 5.41) is 0.317. The van der Waals surface area contributed by atoms with Gasteiger partial charge >= 0.3 is 0 Å². The van der Waals surface area contributed by atoms with Gasteiger partial charge in [0.2, 0.25) is 0 Å². The van der Waals surface area contributed by atoms with Crippen molar-refractivity contribution in [3.8, 4) is 0 Å². The number of alkyl halides is 1. The lowest BCUT2D eigenvalue weighted by Gasteiger charge is -2.21. The summed E-state index contributed by atoms with van der Waals surface area (Å²) in [4.78, 5) is 0. The van der Waals surface area contributed by atoms with Gasteiger partial charge in [0.25, 0.3) is 0 Å². The zero-order chi connectivity index (χ0) is 11.1. The summed E-state index contributed by atoms with van der Waals surface area (Å²) >= 11 is 6.17. The quantitative estimate of drug-likeness (QED) is 0.427. The van der Waals surface area contributed by atoms with Gasteiger partial charge in [0, 0.05) is 0 Å². The Balaban J connectivity index is 2.36. The first kappa shape index (κ1) is 13.1. The minimum absolute atomic E-state index is 0.317. The molecular weight excluding hydrogens is 204 g/mol. The predicted octanol–water partition coefficient (Wildman–Crippen LogP) is 5.31. The molecule has 0 radical (unpaired) electrons. The Kier molecular flexibility index (Phi) is 6.40. The highest BCUT2D eigenvalue weighted by Gasteiger charge is 2.14. The molecule has 15 heavy (non-hydrogen) atoms. The molecule has 1 aliphatic rings. The molecule has 1 aliphatic carbocycles. The lowest BCUT2D eigenvalue weighted by atomic mass is 9.87. The molecule has 0 bridgehead atoms. The fourth-order valence-electron chi connectivity index (χ4n) is 2.43. The fourth-order valence-corrected chi connectivity index (χ4v) is 2.76. The van der Waals surface area contributed by atoms with E-state index in [0.29, 0.717) is 5.38 Å². The third kappa shape index (κ3) is 5.06. The standard InChI is InChI=1S/C14H25Cl/c1-3-5-7-12(4-2)10-13-8-6-9-14(15)11-13/h11-12,14H,3-10H2,1-2H3. The second kappa shape index (κ2) is 7.33. The van der Waals surface area contributed by atoms with E-state index < -0.39 is 0 Å². The average Bonchev–Trinajstić information content (AvgIpc) is 2.24. The minimum Gasteiger partial charge on any atom is -0.118 e. The first-order valence-electron chi connectivity index (χ1n) is 6.59. The van der Waals surface area contributed by atoms with E-state index >= 15 is 0 Å². The highest BCUT2D eigenvalue weighted by atomic mass is 35.5. The second-order valence-electron chi connectivity index (χ2n) is 4.85. The van der Waals surface area contributed by atoms with Crippen molar-refractivity contribution in [3.05, 3.63) is 11.6 Å². The molecule has 0 aliphatic heterocycles. The largest absolute Gasteiger partial charge is 0.118 e. The summed E-state index contributed by atoms with van der Waals surface area (Å²) < 4.78 is 0. The maximum Gasteiger partial charge on any atom is 0.0518 e. The van der Waals surface area contributed by atoms with Gasteiger partial charge in [0.1, 0.15) is 0 Å². The predicted molar refractivity (Wildman–Crippen MR) is 69.5 cm³/mol. The first-order valence-corrected chi connectivity index (χ1v) is 7.03. The number of hydrogen-bond donors (Lipinski definition) is 0. The summed E-state index contributed by atoms with van der Waals surface area (Å²) in [6.07, 6.45) is 12.8. The van der Waals surface area contributed by atoms with Gasteiger partial charge in [0.05, 0.1) is 5.38 Å². The summed E-state index contributed by atoms with van der Waals surface area (Å²) in [5.41, 5.74) is 1.63. The Hall–Kier alpha value is 0.0300. The van der Waals surface area contributed by atoms with E-state index in [2.05, 4.69) is 19.9 Å². The van der Waals surface area contributed by atoms with Crippen LogP contribution in [0.5, 0.6) is 0 Å². The van der Waals surface area contributed by atoms with Crippen molar-refractivity contribution in [1.82, 2.24) is 0 Å². The zero-order valence-electron chi connectivity index (χ0n) is 10.3. The third-order valence-corrected chi connectivity index (χ3v) is 3.83. The maximum atomic E-state index is 6.17. The van der Waals surface area contributed by atoms with Crippen molar-refractivity contribution in [2.75, 3.05) is 0 Å². The lowest BCUT2D eigenvalue weighted by Crippen LogP contribution is -2.07. The third-order valence-electron chi connectivity index (χ3n) is 3.49. The number of rotatable bonds is 6. The van der Waals surface area contributed by atoms with Gasteiger partial charge in [-0.2, -0.15) is 0 Å².